The fourth-order valence-corrected chi connectivity index (χ4v) is 4.10. The molecule has 4 rings (SSSR count). The molecule has 0 aliphatic carbocycles. The van der Waals surface area contributed by atoms with E-state index in [1.165, 1.54) is 11.3 Å². The first-order valence-corrected chi connectivity index (χ1v) is 9.11. The maximum Gasteiger partial charge on any atom is 0.350 e. The van der Waals surface area contributed by atoms with Crippen LogP contribution in [0.25, 0.3) is 21.0 Å². The summed E-state index contributed by atoms with van der Waals surface area (Å²) in [6.45, 7) is 1.66. The summed E-state index contributed by atoms with van der Waals surface area (Å²) in [6, 6.07) is 14.5. The molecule has 0 spiro atoms. The first kappa shape index (κ1) is 16.8. The monoisotopic (exact) mass is 384 g/mol. The number of esters is 1. The SMILES string of the molecule is C[C@H](OC(=O)c1sc2ccccc2c1Cl)c1nc2ccccc2c(=O)[nH]1. The molecule has 0 amide bonds. The first-order chi connectivity index (χ1) is 12.5. The Kier molecular flexibility index (Phi) is 4.22. The number of H-pyrrole nitrogens is 1. The van der Waals surface area contributed by atoms with Crippen molar-refractivity contribution < 1.29 is 9.53 Å². The minimum absolute atomic E-state index is 0.270. The number of nitrogens with zero attached hydrogens (tertiary/aromatic N) is 1. The van der Waals surface area contributed by atoms with Gasteiger partial charge in [0.05, 0.1) is 15.9 Å². The minimum Gasteiger partial charge on any atom is -0.450 e. The average Bonchev–Trinajstić information content (AvgIpc) is 2.99. The lowest BCUT2D eigenvalue weighted by atomic mass is 10.2. The van der Waals surface area contributed by atoms with Crippen LogP contribution < -0.4 is 5.56 Å². The maximum atomic E-state index is 12.6. The molecule has 2 heterocycles. The smallest absolute Gasteiger partial charge is 0.350 e. The highest BCUT2D eigenvalue weighted by Crippen LogP contribution is 2.36. The number of carbonyl (C=O) groups is 1. The van der Waals surface area contributed by atoms with Crippen LogP contribution in [0.2, 0.25) is 5.02 Å². The van der Waals surface area contributed by atoms with E-state index in [4.69, 9.17) is 16.3 Å². The highest BCUT2D eigenvalue weighted by Gasteiger charge is 2.22. The lowest BCUT2D eigenvalue weighted by molar-refractivity contribution is 0.0326. The molecule has 7 heteroatoms. The molecule has 1 N–H and O–H groups in total. The Bertz CT molecular complexity index is 1200. The van der Waals surface area contributed by atoms with E-state index in [1.807, 2.05) is 24.3 Å². The summed E-state index contributed by atoms with van der Waals surface area (Å²) in [5.41, 5.74) is 0.280. The highest BCUT2D eigenvalue weighted by atomic mass is 35.5. The zero-order valence-corrected chi connectivity index (χ0v) is 15.2. The van der Waals surface area contributed by atoms with E-state index in [1.54, 1.807) is 31.2 Å². The van der Waals surface area contributed by atoms with Crippen LogP contribution in [0, 0.1) is 0 Å². The van der Waals surface area contributed by atoms with Crippen molar-refractivity contribution in [3.05, 3.63) is 74.6 Å². The lowest BCUT2D eigenvalue weighted by Gasteiger charge is -2.12. The zero-order valence-electron chi connectivity index (χ0n) is 13.7. The van der Waals surface area contributed by atoms with Gasteiger partial charge >= 0.3 is 5.97 Å². The quantitative estimate of drug-likeness (QED) is 0.519. The summed E-state index contributed by atoms with van der Waals surface area (Å²) in [5.74, 6) is -0.251. The summed E-state index contributed by atoms with van der Waals surface area (Å²) in [4.78, 5) is 32.1. The van der Waals surface area contributed by atoms with Gasteiger partial charge in [-0.3, -0.25) is 4.79 Å². The summed E-state index contributed by atoms with van der Waals surface area (Å²) < 4.78 is 6.40. The molecule has 0 aliphatic rings. The lowest BCUT2D eigenvalue weighted by Crippen LogP contribution is -2.17. The molecule has 0 unspecified atom stereocenters. The third kappa shape index (κ3) is 2.87. The van der Waals surface area contributed by atoms with Gasteiger partial charge in [-0.05, 0) is 25.1 Å². The van der Waals surface area contributed by atoms with Crippen molar-refractivity contribution >= 4 is 49.9 Å². The average molecular weight is 385 g/mol. The van der Waals surface area contributed by atoms with E-state index in [2.05, 4.69) is 9.97 Å². The number of nitrogens with one attached hydrogen (secondary N) is 1. The molecule has 0 aliphatic heterocycles. The van der Waals surface area contributed by atoms with E-state index in [9.17, 15) is 9.59 Å². The van der Waals surface area contributed by atoms with E-state index in [-0.39, 0.29) is 5.56 Å². The number of para-hydroxylation sites is 1. The van der Waals surface area contributed by atoms with Gasteiger partial charge in [0.1, 0.15) is 4.88 Å². The van der Waals surface area contributed by atoms with Gasteiger partial charge in [-0.2, -0.15) is 0 Å². The molecule has 130 valence electrons. The second-order valence-electron chi connectivity index (χ2n) is 5.76. The highest BCUT2D eigenvalue weighted by molar-refractivity contribution is 7.21. The number of fused-ring (bicyclic) bond motifs is 2. The van der Waals surface area contributed by atoms with Crippen LogP contribution in [0.5, 0.6) is 0 Å². The van der Waals surface area contributed by atoms with Crippen molar-refractivity contribution in [1.82, 2.24) is 9.97 Å². The number of hydrogen-bond acceptors (Lipinski definition) is 5. The van der Waals surface area contributed by atoms with Gasteiger partial charge < -0.3 is 9.72 Å². The second-order valence-corrected chi connectivity index (χ2v) is 7.19. The molecule has 4 aromatic rings. The van der Waals surface area contributed by atoms with Crippen molar-refractivity contribution in [3.63, 3.8) is 0 Å². The zero-order chi connectivity index (χ0) is 18.3. The molecule has 26 heavy (non-hydrogen) atoms. The van der Waals surface area contributed by atoms with Gasteiger partial charge in [0.25, 0.3) is 5.56 Å². The molecule has 2 aromatic carbocycles. The predicted octanol–water partition coefficient (Wildman–Crippen LogP) is 4.71. The van der Waals surface area contributed by atoms with Crippen molar-refractivity contribution in [3.8, 4) is 0 Å². The fraction of sp³-hybridized carbons (Fsp3) is 0.105. The first-order valence-electron chi connectivity index (χ1n) is 7.91. The Labute approximate surface area is 157 Å². The van der Waals surface area contributed by atoms with Crippen molar-refractivity contribution in [1.29, 1.82) is 0 Å². The van der Waals surface area contributed by atoms with Gasteiger partial charge in [-0.25, -0.2) is 9.78 Å². The Morgan fingerprint density at radius 1 is 1.15 bits per heavy atom. The van der Waals surface area contributed by atoms with Gasteiger partial charge in [-0.15, -0.1) is 11.3 Å². The predicted molar refractivity (Wildman–Crippen MR) is 103 cm³/mol. The summed E-state index contributed by atoms with van der Waals surface area (Å²) in [7, 11) is 0. The van der Waals surface area contributed by atoms with E-state index in [0.29, 0.717) is 26.6 Å². The Morgan fingerprint density at radius 2 is 1.85 bits per heavy atom. The van der Waals surface area contributed by atoms with Crippen molar-refractivity contribution in [2.75, 3.05) is 0 Å². The van der Waals surface area contributed by atoms with Gasteiger partial charge in [0, 0.05) is 10.1 Å². The molecule has 0 saturated heterocycles. The molecule has 0 radical (unpaired) electrons. The van der Waals surface area contributed by atoms with Crippen LogP contribution in [0.1, 0.15) is 28.5 Å². The molecule has 0 saturated carbocycles. The second kappa shape index (κ2) is 6.55. The fourth-order valence-electron chi connectivity index (χ4n) is 2.71. The third-order valence-corrected chi connectivity index (χ3v) is 5.68. The number of benzene rings is 2. The summed E-state index contributed by atoms with van der Waals surface area (Å²) >= 11 is 7.60. The normalized spacial score (nSPS) is 12.4. The number of halogens is 1. The van der Waals surface area contributed by atoms with Crippen molar-refractivity contribution in [2.45, 2.75) is 13.0 Å². The number of aromatic amines is 1. The maximum absolute atomic E-state index is 12.6. The van der Waals surface area contributed by atoms with Crippen LogP contribution in [0.4, 0.5) is 0 Å². The minimum atomic E-state index is -0.721. The van der Waals surface area contributed by atoms with E-state index < -0.39 is 12.1 Å². The Balaban J connectivity index is 1.65. The number of rotatable bonds is 3. The van der Waals surface area contributed by atoms with E-state index in [0.717, 1.165) is 10.1 Å². The number of ether oxygens (including phenoxy) is 1. The van der Waals surface area contributed by atoms with E-state index >= 15 is 0 Å². The summed E-state index contributed by atoms with van der Waals surface area (Å²) in [6.07, 6.45) is -0.721. The largest absolute Gasteiger partial charge is 0.450 e. The van der Waals surface area contributed by atoms with Crippen molar-refractivity contribution in [2.24, 2.45) is 0 Å². The molecule has 1 atom stereocenters. The number of aromatic nitrogens is 2. The summed E-state index contributed by atoms with van der Waals surface area (Å²) in [5, 5.41) is 1.68. The molecular weight excluding hydrogens is 372 g/mol. The van der Waals surface area contributed by atoms with Gasteiger partial charge in [0.15, 0.2) is 11.9 Å². The number of carbonyl (C=O) groups excluding carboxylic acids is 1. The third-order valence-electron chi connectivity index (χ3n) is 4.02. The molecule has 5 nitrogen and oxygen atoms in total. The Hall–Kier alpha value is -2.70. The van der Waals surface area contributed by atoms with Crippen LogP contribution in [0.3, 0.4) is 0 Å². The molecule has 2 aromatic heterocycles. The molecule has 0 bridgehead atoms. The standard InChI is InChI=1S/C19H13ClN2O3S/c1-10(17-21-13-8-4-2-6-11(13)18(23)22-17)25-19(24)16-15(20)12-7-3-5-9-14(12)26-16/h2-10H,1H3,(H,21,22,23)/t10-/m0/s1. The topological polar surface area (TPSA) is 72.0 Å². The van der Waals surface area contributed by atoms with Crippen LogP contribution in [-0.4, -0.2) is 15.9 Å². The Morgan fingerprint density at radius 3 is 2.62 bits per heavy atom. The number of thiophene rings is 1. The molecular formula is C19H13ClN2O3S. The number of hydrogen-bond donors (Lipinski definition) is 1. The van der Waals surface area contributed by atoms with Gasteiger partial charge in [0.2, 0.25) is 0 Å². The van der Waals surface area contributed by atoms with Crippen LogP contribution in [-0.2, 0) is 4.74 Å². The van der Waals surface area contributed by atoms with Crippen LogP contribution in [0.15, 0.2) is 53.3 Å². The molecule has 0 fully saturated rings. The van der Waals surface area contributed by atoms with Crippen LogP contribution >= 0.6 is 22.9 Å². The van der Waals surface area contributed by atoms with Gasteiger partial charge in [-0.1, -0.05) is 41.9 Å².